The normalized spacial score (nSPS) is 18.3. The highest BCUT2D eigenvalue weighted by Gasteiger charge is 2.25. The lowest BCUT2D eigenvalue weighted by Gasteiger charge is -2.25. The number of rotatable bonds is 5. The minimum Gasteiger partial charge on any atom is -0.493 e. The third-order valence-corrected chi connectivity index (χ3v) is 3.58. The van der Waals surface area contributed by atoms with E-state index in [1.807, 2.05) is 0 Å². The van der Waals surface area contributed by atoms with Gasteiger partial charge in [-0.15, -0.1) is 0 Å². The molecule has 1 heterocycles. The predicted molar refractivity (Wildman–Crippen MR) is 69.1 cm³/mol. The van der Waals surface area contributed by atoms with E-state index in [1.54, 1.807) is 14.2 Å². The Kier molecular flexibility index (Phi) is 4.44. The Morgan fingerprint density at radius 1 is 1.28 bits per heavy atom. The molecule has 1 aromatic rings. The highest BCUT2D eigenvalue weighted by atomic mass is 16.5. The van der Waals surface area contributed by atoms with Crippen LogP contribution in [0.5, 0.6) is 11.5 Å². The quantitative estimate of drug-likeness (QED) is 0.808. The summed E-state index contributed by atoms with van der Waals surface area (Å²) in [6, 6.07) is 4.61. The number of methoxy groups -OCH3 is 2. The second-order valence-electron chi connectivity index (χ2n) is 4.65. The number of aliphatic hydroxyl groups is 1. The molecule has 4 heteroatoms. The maximum absolute atomic E-state index is 8.97. The van der Waals surface area contributed by atoms with Crippen LogP contribution in [-0.2, 0) is 6.42 Å². The number of ether oxygens (including phenoxy) is 2. The zero-order valence-corrected chi connectivity index (χ0v) is 11.1. The fourth-order valence-electron chi connectivity index (χ4n) is 2.65. The van der Waals surface area contributed by atoms with E-state index in [9.17, 15) is 0 Å². The summed E-state index contributed by atoms with van der Waals surface area (Å²) < 4.78 is 10.7. The van der Waals surface area contributed by atoms with Crippen LogP contribution in [0.3, 0.4) is 0 Å². The fourth-order valence-corrected chi connectivity index (χ4v) is 2.65. The summed E-state index contributed by atoms with van der Waals surface area (Å²) in [5, 5.41) is 11.3. The van der Waals surface area contributed by atoms with Gasteiger partial charge in [-0.25, -0.2) is 0 Å². The van der Waals surface area contributed by atoms with Crippen molar-refractivity contribution < 1.29 is 19.9 Å². The summed E-state index contributed by atoms with van der Waals surface area (Å²) in [6.07, 6.45) is 2.90. The highest BCUT2D eigenvalue weighted by molar-refractivity contribution is 5.48. The van der Waals surface area contributed by atoms with Crippen molar-refractivity contribution in [2.45, 2.75) is 25.3 Å². The summed E-state index contributed by atoms with van der Waals surface area (Å²) >= 11 is 0. The van der Waals surface area contributed by atoms with Crippen LogP contribution in [0.25, 0.3) is 0 Å². The summed E-state index contributed by atoms with van der Waals surface area (Å²) in [4.78, 5) is 0. The number of fused-ring (bicyclic) bond motifs is 1. The largest absolute Gasteiger partial charge is 0.493 e. The number of aliphatic hydroxyl groups excluding tert-OH is 1. The molecular weight excluding hydrogens is 230 g/mol. The monoisotopic (exact) mass is 252 g/mol. The standard InChI is InChI=1S/C14H21NO3/c1-17-13-8-10-5-6-15-12(4-3-7-16)11(10)9-14(13)18-2/h8-9,12,15-16H,3-7H2,1-2H3/p+1/t12-/m1/s1. The molecule has 3 N–H and O–H groups in total. The topological polar surface area (TPSA) is 55.3 Å². The van der Waals surface area contributed by atoms with Gasteiger partial charge in [0.05, 0.1) is 20.8 Å². The molecule has 0 bridgehead atoms. The molecule has 0 radical (unpaired) electrons. The van der Waals surface area contributed by atoms with E-state index in [2.05, 4.69) is 17.4 Å². The maximum Gasteiger partial charge on any atom is 0.161 e. The Balaban J connectivity index is 2.31. The first-order valence-electron chi connectivity index (χ1n) is 6.49. The smallest absolute Gasteiger partial charge is 0.161 e. The van der Waals surface area contributed by atoms with Gasteiger partial charge in [-0.2, -0.15) is 0 Å². The Labute approximate surface area is 108 Å². The Morgan fingerprint density at radius 2 is 2.00 bits per heavy atom. The van der Waals surface area contributed by atoms with E-state index in [1.165, 1.54) is 11.1 Å². The van der Waals surface area contributed by atoms with Gasteiger partial charge in [0.25, 0.3) is 0 Å². The predicted octanol–water partition coefficient (Wildman–Crippen LogP) is 0.637. The lowest BCUT2D eigenvalue weighted by atomic mass is 9.91. The second kappa shape index (κ2) is 6.07. The molecule has 1 aliphatic rings. The van der Waals surface area contributed by atoms with Crippen LogP contribution in [-0.4, -0.2) is 32.5 Å². The van der Waals surface area contributed by atoms with Crippen molar-refractivity contribution in [2.24, 2.45) is 0 Å². The molecule has 0 spiro atoms. The molecule has 0 saturated heterocycles. The Morgan fingerprint density at radius 3 is 2.67 bits per heavy atom. The van der Waals surface area contributed by atoms with Gasteiger partial charge in [0.15, 0.2) is 11.5 Å². The third kappa shape index (κ3) is 2.60. The molecule has 0 saturated carbocycles. The maximum atomic E-state index is 8.97. The van der Waals surface area contributed by atoms with E-state index in [4.69, 9.17) is 14.6 Å². The average Bonchev–Trinajstić information content (AvgIpc) is 2.43. The van der Waals surface area contributed by atoms with Gasteiger partial charge in [0.2, 0.25) is 0 Å². The number of benzene rings is 1. The minimum absolute atomic E-state index is 0.257. The molecule has 100 valence electrons. The number of nitrogens with two attached hydrogens (primary N) is 1. The number of quaternary nitrogens is 1. The molecule has 0 unspecified atom stereocenters. The van der Waals surface area contributed by atoms with Crippen LogP contribution < -0.4 is 14.8 Å². The molecular formula is C14H22NO3+. The van der Waals surface area contributed by atoms with E-state index in [-0.39, 0.29) is 6.61 Å². The zero-order chi connectivity index (χ0) is 13.0. The van der Waals surface area contributed by atoms with Crippen molar-refractivity contribution in [3.05, 3.63) is 23.3 Å². The average molecular weight is 252 g/mol. The van der Waals surface area contributed by atoms with Gasteiger partial charge in [0, 0.05) is 25.0 Å². The van der Waals surface area contributed by atoms with Crippen molar-refractivity contribution in [1.82, 2.24) is 0 Å². The molecule has 4 nitrogen and oxygen atoms in total. The highest BCUT2D eigenvalue weighted by Crippen LogP contribution is 2.34. The minimum atomic E-state index is 0.257. The Hall–Kier alpha value is -1.26. The van der Waals surface area contributed by atoms with Crippen LogP contribution in [0.15, 0.2) is 12.1 Å². The number of hydrogen-bond donors (Lipinski definition) is 2. The summed E-state index contributed by atoms with van der Waals surface area (Å²) in [7, 11) is 3.34. The summed E-state index contributed by atoms with van der Waals surface area (Å²) in [6.45, 7) is 1.35. The molecule has 1 aliphatic heterocycles. The summed E-state index contributed by atoms with van der Waals surface area (Å²) in [5.41, 5.74) is 2.67. The van der Waals surface area contributed by atoms with Gasteiger partial charge in [0.1, 0.15) is 6.04 Å². The fraction of sp³-hybridized carbons (Fsp3) is 0.571. The Bertz CT molecular complexity index is 406. The molecule has 0 amide bonds. The first-order valence-corrected chi connectivity index (χ1v) is 6.49. The lowest BCUT2D eigenvalue weighted by molar-refractivity contribution is -0.699. The van der Waals surface area contributed by atoms with Gasteiger partial charge >= 0.3 is 0 Å². The van der Waals surface area contributed by atoms with Crippen molar-refractivity contribution in [2.75, 3.05) is 27.4 Å². The van der Waals surface area contributed by atoms with Crippen LogP contribution in [0.2, 0.25) is 0 Å². The molecule has 1 atom stereocenters. The lowest BCUT2D eigenvalue weighted by Crippen LogP contribution is -2.87. The molecule has 0 aromatic heterocycles. The van der Waals surface area contributed by atoms with Crippen LogP contribution in [0.4, 0.5) is 0 Å². The van der Waals surface area contributed by atoms with Crippen molar-refractivity contribution >= 4 is 0 Å². The molecule has 0 fully saturated rings. The zero-order valence-electron chi connectivity index (χ0n) is 11.1. The summed E-state index contributed by atoms with van der Waals surface area (Å²) in [5.74, 6) is 1.60. The van der Waals surface area contributed by atoms with E-state index >= 15 is 0 Å². The van der Waals surface area contributed by atoms with Crippen molar-refractivity contribution in [3.63, 3.8) is 0 Å². The SMILES string of the molecule is COc1cc2c(cc1OC)[C@@H](CCCO)[NH2+]CC2. The van der Waals surface area contributed by atoms with Crippen LogP contribution in [0.1, 0.15) is 30.0 Å². The molecule has 18 heavy (non-hydrogen) atoms. The van der Waals surface area contributed by atoms with Gasteiger partial charge in [-0.3, -0.25) is 0 Å². The van der Waals surface area contributed by atoms with Gasteiger partial charge < -0.3 is 19.9 Å². The van der Waals surface area contributed by atoms with Crippen molar-refractivity contribution in [1.29, 1.82) is 0 Å². The first-order chi connectivity index (χ1) is 8.80. The molecule has 0 aliphatic carbocycles. The van der Waals surface area contributed by atoms with Crippen LogP contribution in [0, 0.1) is 0 Å². The molecule has 1 aromatic carbocycles. The van der Waals surface area contributed by atoms with E-state index in [0.29, 0.717) is 6.04 Å². The van der Waals surface area contributed by atoms with Gasteiger partial charge in [-0.05, 0) is 24.1 Å². The second-order valence-corrected chi connectivity index (χ2v) is 4.65. The third-order valence-electron chi connectivity index (χ3n) is 3.58. The van der Waals surface area contributed by atoms with Crippen molar-refractivity contribution in [3.8, 4) is 11.5 Å². The van der Waals surface area contributed by atoms with Gasteiger partial charge in [-0.1, -0.05) is 0 Å². The van der Waals surface area contributed by atoms with E-state index < -0.39 is 0 Å². The first kappa shape index (κ1) is 13.2. The van der Waals surface area contributed by atoms with E-state index in [0.717, 1.165) is 37.3 Å². The number of hydrogen-bond acceptors (Lipinski definition) is 3. The van der Waals surface area contributed by atoms with Crippen LogP contribution >= 0.6 is 0 Å². The molecule has 2 rings (SSSR count).